The van der Waals surface area contributed by atoms with Gasteiger partial charge in [-0.2, -0.15) is 0 Å². The number of amides is 3. The van der Waals surface area contributed by atoms with E-state index in [1.54, 1.807) is 0 Å². The number of nitrogens with two attached hydrogens (primary N) is 1. The minimum Gasteiger partial charge on any atom is -0.368 e. The lowest BCUT2D eigenvalue weighted by Crippen LogP contribution is -2.66. The van der Waals surface area contributed by atoms with Gasteiger partial charge in [0.25, 0.3) is 11.8 Å². The average molecular weight is 389 g/mol. The number of hydrogen-bond acceptors (Lipinski definition) is 5. The Kier molecular flexibility index (Phi) is 5.30. The summed E-state index contributed by atoms with van der Waals surface area (Å²) in [6.07, 6.45) is 2.95. The number of aromatic nitrogens is 2. The molecule has 1 aliphatic rings. The van der Waals surface area contributed by atoms with Crippen molar-refractivity contribution in [3.63, 3.8) is 0 Å². The molecule has 0 saturated carbocycles. The lowest BCUT2D eigenvalue weighted by molar-refractivity contribution is -0.125. The summed E-state index contributed by atoms with van der Waals surface area (Å²) in [7, 11) is 0. The Bertz CT molecular complexity index is 939. The third-order valence-corrected chi connectivity index (χ3v) is 4.54. The molecule has 2 aromatic heterocycles. The van der Waals surface area contributed by atoms with Crippen molar-refractivity contribution in [1.29, 1.82) is 0 Å². The number of piperidine rings is 1. The number of nitrogens with zero attached hydrogens (tertiary/aromatic N) is 3. The molecule has 8 nitrogen and oxygen atoms in total. The Hall–Kier alpha value is -3.43. The van der Waals surface area contributed by atoms with Crippen molar-refractivity contribution in [3.05, 3.63) is 59.7 Å². The van der Waals surface area contributed by atoms with Gasteiger partial charge in [-0.15, -0.1) is 0 Å². The van der Waals surface area contributed by atoms with Crippen LogP contribution in [-0.4, -0.2) is 51.2 Å². The van der Waals surface area contributed by atoms with Gasteiger partial charge in [-0.05, 0) is 37.1 Å². The van der Waals surface area contributed by atoms with Gasteiger partial charge in [0.05, 0.1) is 6.54 Å². The van der Waals surface area contributed by atoms with Gasteiger partial charge >= 0.3 is 0 Å². The summed E-state index contributed by atoms with van der Waals surface area (Å²) in [6.45, 7) is -0.0743. The molecule has 3 rings (SSSR count). The van der Waals surface area contributed by atoms with Crippen molar-refractivity contribution in [2.45, 2.75) is 18.4 Å². The van der Waals surface area contributed by atoms with Crippen LogP contribution in [0.2, 0.25) is 0 Å². The number of hydrogen-bond donors (Lipinski definition) is 2. The van der Waals surface area contributed by atoms with Crippen molar-refractivity contribution >= 4 is 17.7 Å². The first-order chi connectivity index (χ1) is 13.3. The minimum atomic E-state index is -1.64. The maximum Gasteiger partial charge on any atom is 0.275 e. The second kappa shape index (κ2) is 7.67. The molecule has 1 atom stereocenters. The zero-order chi connectivity index (χ0) is 20.3. The Morgan fingerprint density at radius 2 is 1.68 bits per heavy atom. The average Bonchev–Trinajstić information content (AvgIpc) is 2.68. The number of rotatable bonds is 4. The predicted octanol–water partition coefficient (Wildman–Crippen LogP) is 0.645. The van der Waals surface area contributed by atoms with Crippen LogP contribution in [0, 0.1) is 11.6 Å². The van der Waals surface area contributed by atoms with Crippen LogP contribution in [-0.2, 0) is 4.79 Å². The quantitative estimate of drug-likeness (QED) is 0.796. The first-order valence-electron chi connectivity index (χ1n) is 8.47. The molecular formula is C18H17F2N5O3. The Morgan fingerprint density at radius 1 is 1.07 bits per heavy atom. The standard InChI is InChI=1S/C18H17F2N5O3/c19-11-4-1-7-22-13(11)15(26)24-18(17(21)28)6-3-9-25(10-18)16(27)14-12(20)5-2-8-23-14/h1-2,4-5,7-8H,3,6,9-10H2,(H2,21,28)(H,24,26). The van der Waals surface area contributed by atoms with Crippen LogP contribution in [0.3, 0.4) is 0 Å². The second-order valence-electron chi connectivity index (χ2n) is 6.40. The number of carbonyl (C=O) groups excluding carboxylic acids is 3. The minimum absolute atomic E-state index is 0.136. The SMILES string of the molecule is NC(=O)C1(NC(=O)c2ncccc2F)CCCN(C(=O)c2ncccc2F)C1. The van der Waals surface area contributed by atoms with Gasteiger partial charge in [-0.25, -0.2) is 18.7 Å². The molecule has 1 fully saturated rings. The molecule has 0 bridgehead atoms. The van der Waals surface area contributed by atoms with E-state index >= 15 is 0 Å². The van der Waals surface area contributed by atoms with E-state index in [2.05, 4.69) is 15.3 Å². The Balaban J connectivity index is 1.86. The Labute approximate surface area is 158 Å². The zero-order valence-electron chi connectivity index (χ0n) is 14.7. The fraction of sp³-hybridized carbons (Fsp3) is 0.278. The van der Waals surface area contributed by atoms with E-state index in [4.69, 9.17) is 5.73 Å². The molecule has 2 aromatic rings. The van der Waals surface area contributed by atoms with E-state index in [0.717, 1.165) is 12.1 Å². The molecule has 0 aliphatic carbocycles. The fourth-order valence-corrected chi connectivity index (χ4v) is 3.12. The summed E-state index contributed by atoms with van der Waals surface area (Å²) in [5.74, 6) is -4.23. The maximum atomic E-state index is 13.9. The number of pyridine rings is 2. The van der Waals surface area contributed by atoms with Crippen molar-refractivity contribution in [3.8, 4) is 0 Å². The molecule has 3 N–H and O–H groups in total. The van der Waals surface area contributed by atoms with Crippen LogP contribution < -0.4 is 11.1 Å². The van der Waals surface area contributed by atoms with Gasteiger partial charge in [0.1, 0.15) is 5.54 Å². The molecule has 0 aromatic carbocycles. The molecule has 1 saturated heterocycles. The van der Waals surface area contributed by atoms with E-state index in [1.165, 1.54) is 29.4 Å². The molecule has 1 aliphatic heterocycles. The van der Waals surface area contributed by atoms with Crippen LogP contribution in [0.25, 0.3) is 0 Å². The topological polar surface area (TPSA) is 118 Å². The van der Waals surface area contributed by atoms with Crippen LogP contribution >= 0.6 is 0 Å². The van der Waals surface area contributed by atoms with Gasteiger partial charge < -0.3 is 16.0 Å². The third kappa shape index (κ3) is 3.66. The first kappa shape index (κ1) is 19.3. The molecule has 3 amide bonds. The summed E-state index contributed by atoms with van der Waals surface area (Å²) < 4.78 is 27.7. The highest BCUT2D eigenvalue weighted by Gasteiger charge is 2.44. The third-order valence-electron chi connectivity index (χ3n) is 4.54. The fourth-order valence-electron chi connectivity index (χ4n) is 3.12. The van der Waals surface area contributed by atoms with Crippen LogP contribution in [0.5, 0.6) is 0 Å². The van der Waals surface area contributed by atoms with Crippen molar-refractivity contribution in [2.75, 3.05) is 13.1 Å². The van der Waals surface area contributed by atoms with E-state index < -0.39 is 46.3 Å². The lowest BCUT2D eigenvalue weighted by Gasteiger charge is -2.40. The second-order valence-corrected chi connectivity index (χ2v) is 6.40. The predicted molar refractivity (Wildman–Crippen MR) is 92.9 cm³/mol. The number of nitrogens with one attached hydrogen (secondary N) is 1. The van der Waals surface area contributed by atoms with E-state index in [1.807, 2.05) is 0 Å². The number of primary amides is 1. The molecule has 146 valence electrons. The van der Waals surface area contributed by atoms with Gasteiger partial charge in [0, 0.05) is 18.9 Å². The summed E-state index contributed by atoms with van der Waals surface area (Å²) in [6, 6.07) is 4.81. The summed E-state index contributed by atoms with van der Waals surface area (Å²) >= 11 is 0. The Morgan fingerprint density at radius 3 is 2.25 bits per heavy atom. The zero-order valence-corrected chi connectivity index (χ0v) is 14.7. The normalized spacial score (nSPS) is 19.1. The number of likely N-dealkylation sites (tertiary alicyclic amines) is 1. The van der Waals surface area contributed by atoms with Crippen molar-refractivity contribution in [1.82, 2.24) is 20.2 Å². The maximum absolute atomic E-state index is 13.9. The number of carbonyl (C=O) groups is 3. The lowest BCUT2D eigenvalue weighted by atomic mass is 9.87. The number of halogens is 2. The van der Waals surface area contributed by atoms with Gasteiger partial charge in [-0.3, -0.25) is 14.4 Å². The van der Waals surface area contributed by atoms with Gasteiger partial charge in [-0.1, -0.05) is 0 Å². The highest BCUT2D eigenvalue weighted by Crippen LogP contribution is 2.24. The van der Waals surface area contributed by atoms with E-state index in [0.29, 0.717) is 6.42 Å². The van der Waals surface area contributed by atoms with Crippen LogP contribution in [0.1, 0.15) is 33.8 Å². The molecule has 3 heterocycles. The highest BCUT2D eigenvalue weighted by atomic mass is 19.1. The molecular weight excluding hydrogens is 372 g/mol. The molecule has 28 heavy (non-hydrogen) atoms. The smallest absolute Gasteiger partial charge is 0.275 e. The molecule has 1 unspecified atom stereocenters. The van der Waals surface area contributed by atoms with E-state index in [-0.39, 0.29) is 19.5 Å². The highest BCUT2D eigenvalue weighted by molar-refractivity contribution is 5.99. The summed E-state index contributed by atoms with van der Waals surface area (Å²) in [4.78, 5) is 45.8. The summed E-state index contributed by atoms with van der Waals surface area (Å²) in [5, 5.41) is 2.42. The largest absolute Gasteiger partial charge is 0.368 e. The molecule has 10 heteroatoms. The van der Waals surface area contributed by atoms with Crippen molar-refractivity contribution < 1.29 is 23.2 Å². The molecule has 0 radical (unpaired) electrons. The van der Waals surface area contributed by atoms with Crippen LogP contribution in [0.15, 0.2) is 36.7 Å². The van der Waals surface area contributed by atoms with Gasteiger partial charge in [0.2, 0.25) is 5.91 Å². The summed E-state index contributed by atoms with van der Waals surface area (Å²) in [5.41, 5.74) is 2.97. The molecule has 0 spiro atoms. The monoisotopic (exact) mass is 389 g/mol. The van der Waals surface area contributed by atoms with Gasteiger partial charge in [0.15, 0.2) is 23.0 Å². The van der Waals surface area contributed by atoms with Crippen molar-refractivity contribution in [2.24, 2.45) is 5.73 Å². The van der Waals surface area contributed by atoms with E-state index in [9.17, 15) is 23.2 Å². The van der Waals surface area contributed by atoms with Crippen LogP contribution in [0.4, 0.5) is 8.78 Å². The first-order valence-corrected chi connectivity index (χ1v) is 8.47.